The average Bonchev–Trinajstić information content (AvgIpc) is 2.88. The van der Waals surface area contributed by atoms with Crippen molar-refractivity contribution in [2.45, 2.75) is 6.92 Å². The van der Waals surface area contributed by atoms with Gasteiger partial charge in [-0.3, -0.25) is 4.79 Å². The van der Waals surface area contributed by atoms with E-state index in [0.717, 1.165) is 34.0 Å². The number of carbonyl (C=O) groups excluding carboxylic acids is 1. The third kappa shape index (κ3) is 2.46. The van der Waals surface area contributed by atoms with E-state index in [9.17, 15) is 4.79 Å². The molecule has 3 aromatic rings. The van der Waals surface area contributed by atoms with Crippen LogP contribution in [-0.4, -0.2) is 14.7 Å². The lowest BCUT2D eigenvalue weighted by atomic mass is 10.1. The Hall–Kier alpha value is -2.27. The summed E-state index contributed by atoms with van der Waals surface area (Å²) in [5.74, 6) is -0.140. The number of nitrogens with one attached hydrogen (secondary N) is 1. The van der Waals surface area contributed by atoms with Crippen LogP contribution in [0.5, 0.6) is 0 Å². The molecule has 1 amide bonds. The topological polar surface area (TPSA) is 54.9 Å². The molecule has 1 aromatic heterocycles. The lowest BCUT2D eigenvalue weighted by molar-refractivity contribution is 0.102. The van der Waals surface area contributed by atoms with E-state index < -0.39 is 0 Å². The number of hydrogen-bond acceptors (Lipinski definition) is 4. The van der Waals surface area contributed by atoms with Crippen LogP contribution >= 0.6 is 11.7 Å². The fraction of sp³-hybridized carbons (Fsp3) is 0.0714. The van der Waals surface area contributed by atoms with E-state index in [1.807, 2.05) is 37.3 Å². The number of aryl methyl sites for hydroxylation is 1. The fourth-order valence-electron chi connectivity index (χ4n) is 1.76. The maximum Gasteiger partial charge on any atom is 0.255 e. The van der Waals surface area contributed by atoms with Gasteiger partial charge in [-0.25, -0.2) is 0 Å². The van der Waals surface area contributed by atoms with Gasteiger partial charge in [0.15, 0.2) is 0 Å². The zero-order chi connectivity index (χ0) is 13.2. The molecule has 0 aliphatic heterocycles. The molecule has 0 bridgehead atoms. The van der Waals surface area contributed by atoms with Crippen molar-refractivity contribution in [3.63, 3.8) is 0 Å². The van der Waals surface area contributed by atoms with Crippen LogP contribution in [0.15, 0.2) is 42.5 Å². The average molecular weight is 269 g/mol. The number of anilines is 1. The maximum absolute atomic E-state index is 12.1. The third-order valence-electron chi connectivity index (χ3n) is 2.83. The summed E-state index contributed by atoms with van der Waals surface area (Å²) in [5.41, 5.74) is 4.10. The molecule has 1 N–H and O–H groups in total. The highest BCUT2D eigenvalue weighted by Gasteiger charge is 2.08. The molecule has 0 spiro atoms. The van der Waals surface area contributed by atoms with Gasteiger partial charge in [-0.05, 0) is 37.3 Å². The molecule has 19 heavy (non-hydrogen) atoms. The SMILES string of the molecule is Cc1ccc(NC(=O)c2ccc3nsnc3c2)cc1. The number of aromatic nitrogens is 2. The molecule has 0 saturated heterocycles. The fourth-order valence-corrected chi connectivity index (χ4v) is 2.28. The second-order valence-corrected chi connectivity index (χ2v) is 4.82. The Morgan fingerprint density at radius 1 is 1.05 bits per heavy atom. The van der Waals surface area contributed by atoms with Gasteiger partial charge in [-0.1, -0.05) is 17.7 Å². The van der Waals surface area contributed by atoms with Crippen LogP contribution in [0.1, 0.15) is 15.9 Å². The summed E-state index contributed by atoms with van der Waals surface area (Å²) < 4.78 is 8.24. The molecular formula is C14H11N3OS. The van der Waals surface area contributed by atoms with Crippen LogP contribution < -0.4 is 5.32 Å². The summed E-state index contributed by atoms with van der Waals surface area (Å²) in [6.07, 6.45) is 0. The molecule has 0 aliphatic rings. The summed E-state index contributed by atoms with van der Waals surface area (Å²) in [6, 6.07) is 13.0. The molecule has 0 radical (unpaired) electrons. The Kier molecular flexibility index (Phi) is 2.97. The number of benzene rings is 2. The van der Waals surface area contributed by atoms with Crippen LogP contribution in [0.2, 0.25) is 0 Å². The summed E-state index contributed by atoms with van der Waals surface area (Å²) in [7, 11) is 0. The van der Waals surface area contributed by atoms with E-state index in [2.05, 4.69) is 14.1 Å². The normalized spacial score (nSPS) is 10.6. The number of carbonyl (C=O) groups is 1. The smallest absolute Gasteiger partial charge is 0.255 e. The molecule has 0 aliphatic carbocycles. The Morgan fingerprint density at radius 3 is 2.58 bits per heavy atom. The first-order chi connectivity index (χ1) is 9.22. The highest BCUT2D eigenvalue weighted by molar-refractivity contribution is 7.00. The maximum atomic E-state index is 12.1. The van der Waals surface area contributed by atoms with Crippen molar-refractivity contribution in [2.75, 3.05) is 5.32 Å². The van der Waals surface area contributed by atoms with Gasteiger partial charge in [0.2, 0.25) is 0 Å². The minimum absolute atomic E-state index is 0.140. The number of hydrogen-bond donors (Lipinski definition) is 1. The predicted molar refractivity (Wildman–Crippen MR) is 76.5 cm³/mol. The minimum Gasteiger partial charge on any atom is -0.322 e. The number of amides is 1. The molecule has 0 saturated carbocycles. The predicted octanol–water partition coefficient (Wildman–Crippen LogP) is 3.25. The van der Waals surface area contributed by atoms with Crippen molar-refractivity contribution in [2.24, 2.45) is 0 Å². The van der Waals surface area contributed by atoms with E-state index in [4.69, 9.17) is 0 Å². The zero-order valence-corrected chi connectivity index (χ0v) is 11.1. The quantitative estimate of drug-likeness (QED) is 0.777. The van der Waals surface area contributed by atoms with Crippen LogP contribution in [0, 0.1) is 6.92 Å². The van der Waals surface area contributed by atoms with Gasteiger partial charge < -0.3 is 5.32 Å². The molecule has 4 nitrogen and oxygen atoms in total. The Morgan fingerprint density at radius 2 is 1.79 bits per heavy atom. The molecule has 0 atom stereocenters. The van der Waals surface area contributed by atoms with Crippen molar-refractivity contribution < 1.29 is 4.79 Å². The lowest BCUT2D eigenvalue weighted by Gasteiger charge is -2.05. The third-order valence-corrected chi connectivity index (χ3v) is 3.38. The zero-order valence-electron chi connectivity index (χ0n) is 10.3. The number of nitrogens with zero attached hydrogens (tertiary/aromatic N) is 2. The van der Waals surface area contributed by atoms with Crippen molar-refractivity contribution in [3.8, 4) is 0 Å². The van der Waals surface area contributed by atoms with Crippen molar-refractivity contribution in [3.05, 3.63) is 53.6 Å². The van der Waals surface area contributed by atoms with Crippen LogP contribution in [0.4, 0.5) is 5.69 Å². The van der Waals surface area contributed by atoms with E-state index in [1.54, 1.807) is 12.1 Å². The largest absolute Gasteiger partial charge is 0.322 e. The first-order valence-electron chi connectivity index (χ1n) is 5.83. The molecule has 1 heterocycles. The first-order valence-corrected chi connectivity index (χ1v) is 6.56. The molecule has 3 rings (SSSR count). The van der Waals surface area contributed by atoms with E-state index in [0.29, 0.717) is 5.56 Å². The van der Waals surface area contributed by atoms with Crippen LogP contribution in [0.25, 0.3) is 11.0 Å². The molecule has 94 valence electrons. The van der Waals surface area contributed by atoms with Gasteiger partial charge in [0.05, 0.1) is 11.7 Å². The second kappa shape index (κ2) is 4.78. The van der Waals surface area contributed by atoms with E-state index in [-0.39, 0.29) is 5.91 Å². The molecular weight excluding hydrogens is 258 g/mol. The monoisotopic (exact) mass is 269 g/mol. The summed E-state index contributed by atoms with van der Waals surface area (Å²) >= 11 is 1.15. The van der Waals surface area contributed by atoms with Gasteiger partial charge in [-0.15, -0.1) is 0 Å². The van der Waals surface area contributed by atoms with E-state index >= 15 is 0 Å². The Bertz CT molecular complexity index is 734. The Labute approximate surface area is 114 Å². The van der Waals surface area contributed by atoms with Crippen molar-refractivity contribution in [1.82, 2.24) is 8.75 Å². The van der Waals surface area contributed by atoms with Crippen molar-refractivity contribution >= 4 is 34.4 Å². The number of fused-ring (bicyclic) bond motifs is 1. The molecule has 0 unspecified atom stereocenters. The second-order valence-electron chi connectivity index (χ2n) is 4.29. The van der Waals surface area contributed by atoms with Crippen LogP contribution in [-0.2, 0) is 0 Å². The lowest BCUT2D eigenvalue weighted by Crippen LogP contribution is -2.11. The summed E-state index contributed by atoms with van der Waals surface area (Å²) in [4.78, 5) is 12.1. The summed E-state index contributed by atoms with van der Waals surface area (Å²) in [6.45, 7) is 2.01. The molecule has 2 aromatic carbocycles. The first kappa shape index (κ1) is 11.8. The van der Waals surface area contributed by atoms with Crippen LogP contribution in [0.3, 0.4) is 0 Å². The minimum atomic E-state index is -0.140. The highest BCUT2D eigenvalue weighted by Crippen LogP contribution is 2.15. The molecule has 0 fully saturated rings. The Balaban J connectivity index is 1.84. The van der Waals surface area contributed by atoms with Gasteiger partial charge in [0, 0.05) is 11.3 Å². The van der Waals surface area contributed by atoms with E-state index in [1.165, 1.54) is 0 Å². The van der Waals surface area contributed by atoms with Gasteiger partial charge >= 0.3 is 0 Å². The van der Waals surface area contributed by atoms with Gasteiger partial charge in [0.1, 0.15) is 11.0 Å². The standard InChI is InChI=1S/C14H11N3OS/c1-9-2-5-11(6-3-9)15-14(18)10-4-7-12-13(8-10)17-19-16-12/h2-8H,1H3,(H,15,18). The van der Waals surface area contributed by atoms with Gasteiger partial charge in [0.25, 0.3) is 5.91 Å². The van der Waals surface area contributed by atoms with Crippen molar-refractivity contribution in [1.29, 1.82) is 0 Å². The summed E-state index contributed by atoms with van der Waals surface area (Å²) in [5, 5.41) is 2.86. The molecule has 5 heteroatoms. The number of rotatable bonds is 2. The highest BCUT2D eigenvalue weighted by atomic mass is 32.1. The van der Waals surface area contributed by atoms with Gasteiger partial charge in [-0.2, -0.15) is 8.75 Å².